The summed E-state index contributed by atoms with van der Waals surface area (Å²) in [6.45, 7) is 5.93. The number of ether oxygens (including phenoxy) is 1. The van der Waals surface area contributed by atoms with Crippen molar-refractivity contribution in [2.24, 2.45) is 5.92 Å². The molecule has 1 aliphatic heterocycles. The van der Waals surface area contributed by atoms with Crippen molar-refractivity contribution in [3.63, 3.8) is 0 Å². The lowest BCUT2D eigenvalue weighted by molar-refractivity contribution is 0.156. The van der Waals surface area contributed by atoms with Crippen LogP contribution in [0.4, 0.5) is 0 Å². The van der Waals surface area contributed by atoms with E-state index in [1.165, 1.54) is 38.8 Å². The summed E-state index contributed by atoms with van der Waals surface area (Å²) in [5.41, 5.74) is 0. The molecule has 1 saturated heterocycles. The third kappa shape index (κ3) is 5.17. The van der Waals surface area contributed by atoms with Crippen LogP contribution in [0.5, 0.6) is 0 Å². The molecule has 1 N–H and O–H groups in total. The normalized spacial score (nSPS) is 19.8. The Balaban J connectivity index is 2.05. The van der Waals surface area contributed by atoms with Crippen LogP contribution in [0.3, 0.4) is 0 Å². The summed E-state index contributed by atoms with van der Waals surface area (Å²) < 4.78 is 4.86. The minimum absolute atomic E-state index is 0.0872. The fourth-order valence-corrected chi connectivity index (χ4v) is 2.22. The Kier molecular flexibility index (Phi) is 6.41. The van der Waals surface area contributed by atoms with Crippen LogP contribution in [0, 0.1) is 5.92 Å². The molecule has 0 saturated carbocycles. The predicted octanol–water partition coefficient (Wildman–Crippen LogP) is 2.02. The van der Waals surface area contributed by atoms with Gasteiger partial charge in [-0.3, -0.25) is 0 Å². The number of hydrogen-bond donors (Lipinski definition) is 1. The summed E-state index contributed by atoms with van der Waals surface area (Å²) in [6, 6.07) is 0. The summed E-state index contributed by atoms with van der Waals surface area (Å²) in [6.07, 6.45) is 7.04. The molecule has 0 aromatic carbocycles. The van der Waals surface area contributed by atoms with Crippen LogP contribution in [0.25, 0.3) is 0 Å². The second kappa shape index (κ2) is 7.69. The Morgan fingerprint density at radius 2 is 2.20 bits per heavy atom. The summed E-state index contributed by atoms with van der Waals surface area (Å²) in [4.78, 5) is 10.1. The molecule has 87 valence electrons. The molecule has 0 aliphatic carbocycles. The smallest absolute Gasteiger partial charge is 0.417 e. The molecule has 0 bridgehead atoms. The molecule has 0 aromatic rings. The van der Waals surface area contributed by atoms with Gasteiger partial charge in [0.05, 0.1) is 0 Å². The third-order valence-corrected chi connectivity index (χ3v) is 3.27. The molecule has 1 unspecified atom stereocenters. The van der Waals surface area contributed by atoms with Gasteiger partial charge in [0, 0.05) is 0 Å². The van der Waals surface area contributed by atoms with Crippen molar-refractivity contribution in [3.05, 3.63) is 0 Å². The van der Waals surface area contributed by atoms with E-state index in [9.17, 15) is 4.79 Å². The predicted molar refractivity (Wildman–Crippen MR) is 60.3 cm³/mol. The summed E-state index contributed by atoms with van der Waals surface area (Å²) in [7, 11) is 0. The molecule has 1 atom stereocenters. The highest BCUT2D eigenvalue weighted by Gasteiger charge is 2.14. The Morgan fingerprint density at radius 1 is 1.47 bits per heavy atom. The van der Waals surface area contributed by atoms with E-state index in [1.54, 1.807) is 6.47 Å². The van der Waals surface area contributed by atoms with Crippen LogP contribution in [0.1, 0.15) is 45.4 Å². The lowest BCUT2D eigenvalue weighted by Gasteiger charge is -2.23. The van der Waals surface area contributed by atoms with E-state index in [0.29, 0.717) is 0 Å². The Hall–Kier alpha value is -0.570. The number of rotatable bonds is 7. The van der Waals surface area contributed by atoms with Crippen molar-refractivity contribution in [3.8, 4) is 0 Å². The maximum Gasteiger partial charge on any atom is 0.417 e. The molecule has 1 rings (SSSR count). The highest BCUT2D eigenvalue weighted by molar-refractivity contribution is 5.38. The van der Waals surface area contributed by atoms with Crippen LogP contribution >= 0.6 is 0 Å². The fraction of sp³-hybridized carbons (Fsp3) is 0.917. The van der Waals surface area contributed by atoms with Gasteiger partial charge in [-0.05, 0) is 51.1 Å². The highest BCUT2D eigenvalue weighted by Crippen LogP contribution is 2.20. The van der Waals surface area contributed by atoms with Crippen LogP contribution in [-0.2, 0) is 9.53 Å². The standard InChI is InChI=1S/C12H22NO2/c1-2-12(15-10-14)5-3-4-11-6-8-13-9-7-11/h11-13H,2-9H2,1H3. The molecule has 0 aromatic heterocycles. The van der Waals surface area contributed by atoms with Crippen molar-refractivity contribution in [1.29, 1.82) is 0 Å². The lowest BCUT2D eigenvalue weighted by atomic mass is 9.92. The zero-order valence-electron chi connectivity index (χ0n) is 9.63. The minimum atomic E-state index is 0.0872. The first-order valence-electron chi connectivity index (χ1n) is 6.10. The molecular formula is C12H22NO2. The van der Waals surface area contributed by atoms with Gasteiger partial charge >= 0.3 is 6.47 Å². The van der Waals surface area contributed by atoms with Gasteiger partial charge < -0.3 is 10.1 Å². The molecular weight excluding hydrogens is 190 g/mol. The first-order chi connectivity index (χ1) is 7.36. The summed E-state index contributed by atoms with van der Waals surface area (Å²) in [5.74, 6) is 0.879. The van der Waals surface area contributed by atoms with E-state index in [-0.39, 0.29) is 6.10 Å². The fourth-order valence-electron chi connectivity index (χ4n) is 2.22. The number of hydrogen-bond acceptors (Lipinski definition) is 3. The quantitative estimate of drug-likeness (QED) is 0.701. The third-order valence-electron chi connectivity index (χ3n) is 3.27. The van der Waals surface area contributed by atoms with Crippen molar-refractivity contribution in [2.75, 3.05) is 13.1 Å². The van der Waals surface area contributed by atoms with Gasteiger partial charge in [0.15, 0.2) is 0 Å². The van der Waals surface area contributed by atoms with E-state index in [4.69, 9.17) is 4.74 Å². The maximum absolute atomic E-state index is 10.1. The first kappa shape index (κ1) is 12.5. The molecule has 1 radical (unpaired) electrons. The summed E-state index contributed by atoms with van der Waals surface area (Å²) in [5, 5.41) is 3.37. The van der Waals surface area contributed by atoms with Crippen molar-refractivity contribution in [1.82, 2.24) is 5.32 Å². The summed E-state index contributed by atoms with van der Waals surface area (Å²) >= 11 is 0. The van der Waals surface area contributed by atoms with E-state index in [2.05, 4.69) is 5.32 Å². The van der Waals surface area contributed by atoms with Crippen LogP contribution < -0.4 is 5.32 Å². The van der Waals surface area contributed by atoms with Gasteiger partial charge in [0.1, 0.15) is 6.10 Å². The monoisotopic (exact) mass is 212 g/mol. The zero-order chi connectivity index (χ0) is 10.9. The second-order valence-electron chi connectivity index (χ2n) is 4.36. The molecule has 1 fully saturated rings. The van der Waals surface area contributed by atoms with Crippen LogP contribution in [0.15, 0.2) is 0 Å². The molecule has 3 heteroatoms. The van der Waals surface area contributed by atoms with Gasteiger partial charge in [-0.25, -0.2) is 4.79 Å². The number of piperidine rings is 1. The van der Waals surface area contributed by atoms with Gasteiger partial charge in [-0.1, -0.05) is 13.3 Å². The SMILES string of the molecule is CCC(CCCC1CCNCC1)O[C]=O. The second-order valence-corrected chi connectivity index (χ2v) is 4.36. The minimum Gasteiger partial charge on any atom is -0.454 e. The Bertz CT molecular complexity index is 167. The average Bonchev–Trinajstić information content (AvgIpc) is 2.29. The first-order valence-corrected chi connectivity index (χ1v) is 6.10. The molecule has 15 heavy (non-hydrogen) atoms. The van der Waals surface area contributed by atoms with E-state index < -0.39 is 0 Å². The largest absolute Gasteiger partial charge is 0.454 e. The van der Waals surface area contributed by atoms with Crippen molar-refractivity contribution < 1.29 is 9.53 Å². The number of nitrogens with one attached hydrogen (secondary N) is 1. The van der Waals surface area contributed by atoms with E-state index in [1.807, 2.05) is 6.92 Å². The van der Waals surface area contributed by atoms with Crippen LogP contribution in [-0.4, -0.2) is 25.7 Å². The topological polar surface area (TPSA) is 38.3 Å². The average molecular weight is 212 g/mol. The molecule has 1 heterocycles. The zero-order valence-corrected chi connectivity index (χ0v) is 9.63. The molecule has 0 spiro atoms. The number of carbonyl (C=O) groups excluding carboxylic acids is 1. The van der Waals surface area contributed by atoms with Gasteiger partial charge in [-0.2, -0.15) is 0 Å². The van der Waals surface area contributed by atoms with Gasteiger partial charge in [0.2, 0.25) is 0 Å². The molecule has 0 amide bonds. The van der Waals surface area contributed by atoms with E-state index >= 15 is 0 Å². The highest BCUT2D eigenvalue weighted by atomic mass is 16.5. The van der Waals surface area contributed by atoms with Crippen LogP contribution in [0.2, 0.25) is 0 Å². The molecule has 3 nitrogen and oxygen atoms in total. The van der Waals surface area contributed by atoms with Gasteiger partial charge in [0.25, 0.3) is 0 Å². The van der Waals surface area contributed by atoms with Crippen molar-refractivity contribution in [2.45, 2.75) is 51.6 Å². The van der Waals surface area contributed by atoms with E-state index in [0.717, 1.165) is 18.8 Å². The molecule has 1 aliphatic rings. The maximum atomic E-state index is 10.1. The Labute approximate surface area is 92.6 Å². The van der Waals surface area contributed by atoms with Gasteiger partial charge in [-0.15, -0.1) is 0 Å². The lowest BCUT2D eigenvalue weighted by Crippen LogP contribution is -2.27. The van der Waals surface area contributed by atoms with Crippen molar-refractivity contribution >= 4 is 6.47 Å². The Morgan fingerprint density at radius 3 is 2.80 bits per heavy atom.